The summed E-state index contributed by atoms with van der Waals surface area (Å²) in [5, 5.41) is 33.5. The van der Waals surface area contributed by atoms with Crippen molar-refractivity contribution in [2.75, 3.05) is 5.43 Å². The van der Waals surface area contributed by atoms with Crippen molar-refractivity contribution in [3.8, 4) is 22.9 Å². The van der Waals surface area contributed by atoms with Crippen LogP contribution in [0.2, 0.25) is 0 Å². The fraction of sp³-hybridized carbons (Fsp3) is 0.0870. The van der Waals surface area contributed by atoms with Gasteiger partial charge < -0.3 is 10.2 Å². The van der Waals surface area contributed by atoms with Crippen LogP contribution in [-0.2, 0) is 4.79 Å². The van der Waals surface area contributed by atoms with E-state index in [9.17, 15) is 20.3 Å². The van der Waals surface area contributed by atoms with Gasteiger partial charge in [-0.05, 0) is 43.7 Å². The second-order valence-corrected chi connectivity index (χ2v) is 6.64. The van der Waals surface area contributed by atoms with Gasteiger partial charge in [0.25, 0.3) is 0 Å². The van der Waals surface area contributed by atoms with Gasteiger partial charge in [0.05, 0.1) is 5.69 Å². The molecule has 0 saturated heterocycles. The summed E-state index contributed by atoms with van der Waals surface area (Å²) < 4.78 is 0. The van der Waals surface area contributed by atoms with Crippen LogP contribution in [0.1, 0.15) is 22.3 Å². The first-order valence-corrected chi connectivity index (χ1v) is 8.87. The van der Waals surface area contributed by atoms with Crippen molar-refractivity contribution in [3.63, 3.8) is 0 Å². The van der Waals surface area contributed by atoms with Crippen LogP contribution in [0.3, 0.4) is 0 Å². The van der Waals surface area contributed by atoms with Gasteiger partial charge in [-0.1, -0.05) is 47.5 Å². The third-order valence-corrected chi connectivity index (χ3v) is 4.42. The molecular weight excluding hydrogens is 366 g/mol. The van der Waals surface area contributed by atoms with Crippen molar-refractivity contribution in [2.24, 2.45) is 5.10 Å². The lowest BCUT2D eigenvalue weighted by molar-refractivity contribution is -0.129. The number of phenols is 1. The van der Waals surface area contributed by atoms with Crippen LogP contribution in [0.25, 0.3) is 11.1 Å². The highest BCUT2D eigenvalue weighted by Gasteiger charge is 2.19. The fourth-order valence-corrected chi connectivity index (χ4v) is 2.83. The fourth-order valence-electron chi connectivity index (χ4n) is 2.83. The summed E-state index contributed by atoms with van der Waals surface area (Å²) in [4.78, 5) is 11.8. The van der Waals surface area contributed by atoms with Crippen molar-refractivity contribution < 1.29 is 15.0 Å². The van der Waals surface area contributed by atoms with Gasteiger partial charge in [0, 0.05) is 11.1 Å². The molecule has 3 N–H and O–H groups in total. The number of phenolic OH excluding ortho intramolecular Hbond substituents is 1. The Bertz CT molecular complexity index is 1130. The zero-order valence-corrected chi connectivity index (χ0v) is 16.0. The summed E-state index contributed by atoms with van der Waals surface area (Å²) in [6.45, 7) is 3.89. The molecule has 3 rings (SSSR count). The van der Waals surface area contributed by atoms with Gasteiger partial charge in [-0.3, -0.25) is 5.43 Å². The van der Waals surface area contributed by atoms with E-state index >= 15 is 0 Å². The SMILES string of the molecule is Cc1ccc(N/N=C(\C(=O)O)c2cc(O)c(C#N)c(-c3ccc(C)cc3)c2)cc1. The largest absolute Gasteiger partial charge is 0.507 e. The zero-order valence-electron chi connectivity index (χ0n) is 16.0. The summed E-state index contributed by atoms with van der Waals surface area (Å²) in [6, 6.07) is 19.5. The van der Waals surface area contributed by atoms with Gasteiger partial charge in [-0.2, -0.15) is 10.4 Å². The minimum atomic E-state index is -1.26. The minimum absolute atomic E-state index is 0.0776. The predicted molar refractivity (Wildman–Crippen MR) is 112 cm³/mol. The first kappa shape index (κ1) is 19.6. The van der Waals surface area contributed by atoms with Crippen molar-refractivity contribution in [1.82, 2.24) is 0 Å². The Labute approximate surface area is 168 Å². The molecular formula is C23H19N3O3. The lowest BCUT2D eigenvalue weighted by atomic mass is 9.95. The second kappa shape index (κ2) is 8.28. The van der Waals surface area contributed by atoms with Crippen LogP contribution in [-0.4, -0.2) is 21.9 Å². The number of carboxylic acids is 1. The maximum atomic E-state index is 11.8. The Balaban J connectivity index is 2.08. The van der Waals surface area contributed by atoms with E-state index in [1.165, 1.54) is 6.07 Å². The molecule has 0 fully saturated rings. The molecule has 144 valence electrons. The molecule has 0 saturated carbocycles. The van der Waals surface area contributed by atoms with E-state index in [1.54, 1.807) is 18.2 Å². The molecule has 6 heteroatoms. The quantitative estimate of drug-likeness (QED) is 0.444. The number of hydrazone groups is 1. The molecule has 0 radical (unpaired) electrons. The summed E-state index contributed by atoms with van der Waals surface area (Å²) in [5.74, 6) is -1.56. The van der Waals surface area contributed by atoms with Crippen LogP contribution in [0.15, 0.2) is 65.8 Å². The lowest BCUT2D eigenvalue weighted by Gasteiger charge is -2.11. The van der Waals surface area contributed by atoms with E-state index in [-0.39, 0.29) is 22.6 Å². The third kappa shape index (κ3) is 4.42. The predicted octanol–water partition coefficient (Wildman–Crippen LogP) is 4.45. The van der Waals surface area contributed by atoms with E-state index in [0.717, 1.165) is 11.1 Å². The number of hydrogen-bond donors (Lipinski definition) is 3. The maximum absolute atomic E-state index is 11.8. The number of carbonyl (C=O) groups is 1. The monoisotopic (exact) mass is 385 g/mol. The second-order valence-electron chi connectivity index (χ2n) is 6.64. The van der Waals surface area contributed by atoms with Crippen molar-refractivity contribution in [3.05, 3.63) is 82.9 Å². The molecule has 3 aromatic carbocycles. The highest BCUT2D eigenvalue weighted by Crippen LogP contribution is 2.32. The van der Waals surface area contributed by atoms with Gasteiger partial charge in [0.15, 0.2) is 5.71 Å². The first-order chi connectivity index (χ1) is 13.9. The Hall–Kier alpha value is -4.11. The topological polar surface area (TPSA) is 106 Å². The van der Waals surface area contributed by atoms with Crippen molar-refractivity contribution in [1.29, 1.82) is 5.26 Å². The third-order valence-electron chi connectivity index (χ3n) is 4.42. The number of anilines is 1. The molecule has 6 nitrogen and oxygen atoms in total. The van der Waals surface area contributed by atoms with Crippen LogP contribution >= 0.6 is 0 Å². The summed E-state index contributed by atoms with van der Waals surface area (Å²) in [7, 11) is 0. The molecule has 0 aliphatic carbocycles. The number of aromatic hydroxyl groups is 1. The van der Waals surface area contributed by atoms with Crippen LogP contribution in [0, 0.1) is 25.2 Å². The number of rotatable bonds is 5. The number of carboxylic acid groups (broad SMARTS) is 1. The molecule has 0 unspecified atom stereocenters. The molecule has 0 heterocycles. The highest BCUT2D eigenvalue weighted by atomic mass is 16.4. The Morgan fingerprint density at radius 1 is 1.00 bits per heavy atom. The molecule has 0 atom stereocenters. The van der Waals surface area contributed by atoms with Crippen LogP contribution in [0.4, 0.5) is 5.69 Å². The number of nitriles is 1. The first-order valence-electron chi connectivity index (χ1n) is 8.87. The molecule has 0 aromatic heterocycles. The van der Waals surface area contributed by atoms with E-state index < -0.39 is 5.97 Å². The normalized spacial score (nSPS) is 11.0. The van der Waals surface area contributed by atoms with E-state index in [4.69, 9.17) is 0 Å². The van der Waals surface area contributed by atoms with Gasteiger partial charge in [-0.25, -0.2) is 4.79 Å². The molecule has 0 aliphatic heterocycles. The number of aliphatic carboxylic acids is 1. The highest BCUT2D eigenvalue weighted by molar-refractivity contribution is 6.42. The van der Waals surface area contributed by atoms with Crippen LogP contribution < -0.4 is 5.43 Å². The van der Waals surface area contributed by atoms with E-state index in [0.29, 0.717) is 16.8 Å². The standard InChI is InChI=1S/C23H19N3O3/c1-14-3-7-16(8-4-14)19-11-17(12-21(27)20(19)13-24)22(23(28)29)26-25-18-9-5-15(2)6-10-18/h3-12,25,27H,1-2H3,(H,28,29)/b26-22-. The number of nitrogens with zero attached hydrogens (tertiary/aromatic N) is 2. The lowest BCUT2D eigenvalue weighted by Crippen LogP contribution is -2.16. The average Bonchev–Trinajstić information content (AvgIpc) is 2.69. The Morgan fingerprint density at radius 3 is 2.14 bits per heavy atom. The summed E-state index contributed by atoms with van der Waals surface area (Å²) in [6.07, 6.45) is 0. The van der Waals surface area contributed by atoms with E-state index in [1.807, 2.05) is 56.3 Å². The van der Waals surface area contributed by atoms with Crippen molar-refractivity contribution >= 4 is 17.4 Å². The zero-order chi connectivity index (χ0) is 21.0. The molecule has 0 spiro atoms. The minimum Gasteiger partial charge on any atom is -0.507 e. The van der Waals surface area contributed by atoms with Gasteiger partial charge in [-0.15, -0.1) is 0 Å². The smallest absolute Gasteiger partial charge is 0.356 e. The van der Waals surface area contributed by atoms with E-state index in [2.05, 4.69) is 10.5 Å². The van der Waals surface area contributed by atoms with Crippen molar-refractivity contribution in [2.45, 2.75) is 13.8 Å². The molecule has 0 bridgehead atoms. The molecule has 0 amide bonds. The van der Waals surface area contributed by atoms with Gasteiger partial charge >= 0.3 is 5.97 Å². The summed E-state index contributed by atoms with van der Waals surface area (Å²) >= 11 is 0. The van der Waals surface area contributed by atoms with Gasteiger partial charge in [0.2, 0.25) is 0 Å². The number of nitrogens with one attached hydrogen (secondary N) is 1. The average molecular weight is 385 g/mol. The number of hydrogen-bond acceptors (Lipinski definition) is 5. The molecule has 3 aromatic rings. The maximum Gasteiger partial charge on any atom is 0.356 e. The van der Waals surface area contributed by atoms with Gasteiger partial charge in [0.1, 0.15) is 17.4 Å². The number of aryl methyl sites for hydroxylation is 2. The Morgan fingerprint density at radius 2 is 1.59 bits per heavy atom. The summed E-state index contributed by atoms with van der Waals surface area (Å²) in [5.41, 5.74) is 6.58. The number of benzene rings is 3. The van der Waals surface area contributed by atoms with Crippen LogP contribution in [0.5, 0.6) is 5.75 Å². The molecule has 0 aliphatic rings. The Kier molecular flexibility index (Phi) is 5.61. The molecule has 29 heavy (non-hydrogen) atoms.